The van der Waals surface area contributed by atoms with Gasteiger partial charge in [0.1, 0.15) is 0 Å². The number of carboxylic acids is 1. The fourth-order valence-electron chi connectivity index (χ4n) is 3.12. The Morgan fingerprint density at radius 1 is 1.12 bits per heavy atom. The summed E-state index contributed by atoms with van der Waals surface area (Å²) in [5.41, 5.74) is 4.57. The number of aliphatic carboxylic acids is 1. The molecule has 25 heavy (non-hydrogen) atoms. The van der Waals surface area contributed by atoms with E-state index < -0.39 is 18.1 Å². The van der Waals surface area contributed by atoms with Crippen molar-refractivity contribution in [3.8, 4) is 11.1 Å². The molecular formula is C19H19NO4Se. The zero-order chi connectivity index (χ0) is 17.8. The minimum atomic E-state index is -1.03. The Labute approximate surface area is 152 Å². The van der Waals surface area contributed by atoms with Crippen LogP contribution in [0.4, 0.5) is 4.79 Å². The molecule has 0 aliphatic heterocycles. The van der Waals surface area contributed by atoms with Crippen molar-refractivity contribution >= 4 is 27.0 Å². The third-order valence-corrected chi connectivity index (χ3v) is 5.67. The topological polar surface area (TPSA) is 75.6 Å². The van der Waals surface area contributed by atoms with E-state index in [1.54, 1.807) is 0 Å². The van der Waals surface area contributed by atoms with Crippen LogP contribution in [0.5, 0.6) is 0 Å². The van der Waals surface area contributed by atoms with Gasteiger partial charge in [0.25, 0.3) is 0 Å². The molecule has 2 N–H and O–H groups in total. The van der Waals surface area contributed by atoms with Gasteiger partial charge in [0, 0.05) is 0 Å². The predicted octanol–water partition coefficient (Wildman–Crippen LogP) is 3.15. The van der Waals surface area contributed by atoms with Crippen LogP contribution in [0, 0.1) is 0 Å². The van der Waals surface area contributed by atoms with Crippen LogP contribution in [0.25, 0.3) is 11.1 Å². The van der Waals surface area contributed by atoms with Crippen molar-refractivity contribution in [2.75, 3.05) is 6.61 Å². The molecule has 0 radical (unpaired) electrons. The van der Waals surface area contributed by atoms with E-state index in [1.807, 2.05) is 42.2 Å². The van der Waals surface area contributed by atoms with E-state index in [9.17, 15) is 9.59 Å². The minimum absolute atomic E-state index is 0.0307. The normalized spacial score (nSPS) is 13.6. The van der Waals surface area contributed by atoms with Gasteiger partial charge in [-0.15, -0.1) is 0 Å². The zero-order valence-electron chi connectivity index (χ0n) is 13.8. The summed E-state index contributed by atoms with van der Waals surface area (Å²) >= 11 is 0.152. The van der Waals surface area contributed by atoms with Crippen LogP contribution in [0.1, 0.15) is 17.0 Å². The molecule has 0 aromatic heterocycles. The number of fused-ring (bicyclic) bond motifs is 3. The molecule has 0 spiro atoms. The average Bonchev–Trinajstić information content (AvgIpc) is 2.93. The van der Waals surface area contributed by atoms with Crippen LogP contribution >= 0.6 is 0 Å². The third-order valence-electron chi connectivity index (χ3n) is 4.27. The van der Waals surface area contributed by atoms with E-state index >= 15 is 0 Å². The summed E-state index contributed by atoms with van der Waals surface area (Å²) in [5.74, 6) is 0.872. The summed E-state index contributed by atoms with van der Waals surface area (Å²) in [6.45, 7) is 0.184. The summed E-state index contributed by atoms with van der Waals surface area (Å²) in [4.78, 5) is 23.2. The number of benzene rings is 2. The average molecular weight is 404 g/mol. The molecule has 130 valence electrons. The second-order valence-electron chi connectivity index (χ2n) is 5.82. The Morgan fingerprint density at radius 3 is 2.20 bits per heavy atom. The maximum absolute atomic E-state index is 12.0. The molecule has 3 rings (SSSR count). The van der Waals surface area contributed by atoms with E-state index in [-0.39, 0.29) is 27.5 Å². The van der Waals surface area contributed by atoms with Gasteiger partial charge < -0.3 is 0 Å². The van der Waals surface area contributed by atoms with Crippen LogP contribution in [0.15, 0.2) is 48.5 Å². The first-order chi connectivity index (χ1) is 12.1. The summed E-state index contributed by atoms with van der Waals surface area (Å²) < 4.78 is 5.36. The van der Waals surface area contributed by atoms with Gasteiger partial charge in [-0.3, -0.25) is 0 Å². The second kappa shape index (κ2) is 7.72. The van der Waals surface area contributed by atoms with Gasteiger partial charge in [0.05, 0.1) is 0 Å². The van der Waals surface area contributed by atoms with Gasteiger partial charge in [-0.2, -0.15) is 0 Å². The van der Waals surface area contributed by atoms with E-state index in [2.05, 4.69) is 17.4 Å². The molecule has 0 fully saturated rings. The fraction of sp³-hybridized carbons (Fsp3) is 0.263. The van der Waals surface area contributed by atoms with Crippen molar-refractivity contribution in [3.63, 3.8) is 0 Å². The van der Waals surface area contributed by atoms with Gasteiger partial charge in [0.2, 0.25) is 0 Å². The molecule has 5 nitrogen and oxygen atoms in total. The van der Waals surface area contributed by atoms with Gasteiger partial charge >= 0.3 is 152 Å². The van der Waals surface area contributed by atoms with Crippen molar-refractivity contribution in [2.24, 2.45) is 0 Å². The number of carbonyl (C=O) groups excluding carboxylic acids is 1. The Kier molecular flexibility index (Phi) is 5.41. The maximum atomic E-state index is 12.0. The molecule has 0 saturated carbocycles. The summed E-state index contributed by atoms with van der Waals surface area (Å²) in [6.07, 6.45) is -0.682. The number of nitrogens with one attached hydrogen (secondary N) is 1. The number of carboxylic acid groups (broad SMARTS) is 1. The van der Waals surface area contributed by atoms with E-state index in [0.29, 0.717) is 5.32 Å². The number of rotatable bonds is 6. The van der Waals surface area contributed by atoms with Crippen LogP contribution in [0.2, 0.25) is 11.1 Å². The SMILES string of the molecule is C[Se]CC(NC(=O)OCC1c2ccccc2-c2ccccc21)C(=O)O. The fourth-order valence-corrected chi connectivity index (χ4v) is 4.30. The van der Waals surface area contributed by atoms with E-state index in [4.69, 9.17) is 9.84 Å². The molecule has 0 bridgehead atoms. The molecule has 2 aromatic rings. The van der Waals surface area contributed by atoms with Gasteiger partial charge in [0.15, 0.2) is 0 Å². The van der Waals surface area contributed by atoms with Crippen molar-refractivity contribution in [1.82, 2.24) is 5.32 Å². The molecular weight excluding hydrogens is 385 g/mol. The van der Waals surface area contributed by atoms with Crippen molar-refractivity contribution in [2.45, 2.75) is 23.1 Å². The first kappa shape index (κ1) is 17.5. The molecule has 2 aromatic carbocycles. The van der Waals surface area contributed by atoms with Crippen LogP contribution in [-0.4, -0.2) is 44.8 Å². The second-order valence-corrected chi connectivity index (χ2v) is 7.73. The predicted molar refractivity (Wildman–Crippen MR) is 96.1 cm³/mol. The molecule has 6 heteroatoms. The van der Waals surface area contributed by atoms with Crippen molar-refractivity contribution < 1.29 is 19.4 Å². The summed E-state index contributed by atoms with van der Waals surface area (Å²) in [7, 11) is 0. The van der Waals surface area contributed by atoms with E-state index in [1.165, 1.54) is 0 Å². The van der Waals surface area contributed by atoms with E-state index in [0.717, 1.165) is 22.3 Å². The Morgan fingerprint density at radius 2 is 1.68 bits per heavy atom. The molecule has 1 aliphatic rings. The van der Waals surface area contributed by atoms with Crippen molar-refractivity contribution in [3.05, 3.63) is 59.7 Å². The molecule has 1 atom stereocenters. The van der Waals surface area contributed by atoms with Gasteiger partial charge in [-0.1, -0.05) is 0 Å². The van der Waals surface area contributed by atoms with Crippen LogP contribution < -0.4 is 5.32 Å². The van der Waals surface area contributed by atoms with Gasteiger partial charge in [-0.05, 0) is 0 Å². The molecule has 1 unspecified atom stereocenters. The Hall–Kier alpha value is -2.30. The first-order valence-corrected chi connectivity index (χ1v) is 10.9. The third kappa shape index (κ3) is 3.70. The Balaban J connectivity index is 1.71. The number of hydrogen-bond donors (Lipinski definition) is 2. The summed E-state index contributed by atoms with van der Waals surface area (Å²) in [5, 5.41) is 12.0. The monoisotopic (exact) mass is 405 g/mol. The van der Waals surface area contributed by atoms with Crippen LogP contribution in [0.3, 0.4) is 0 Å². The quantitative estimate of drug-likeness (QED) is 0.726. The number of hydrogen-bond acceptors (Lipinski definition) is 3. The molecule has 0 heterocycles. The number of carbonyl (C=O) groups is 2. The zero-order valence-corrected chi connectivity index (χ0v) is 15.5. The van der Waals surface area contributed by atoms with Gasteiger partial charge in [-0.25, -0.2) is 0 Å². The first-order valence-electron chi connectivity index (χ1n) is 7.95. The van der Waals surface area contributed by atoms with Crippen LogP contribution in [-0.2, 0) is 9.53 Å². The standard InChI is InChI=1S/C19H19NO4Se/c1-25-11-17(18(21)22)20-19(23)24-10-16-14-8-4-2-6-12(14)13-7-3-5-9-15(13)16/h2-9,16-17H,10-11H2,1H3,(H,20,23)(H,21,22). The molecule has 1 aliphatic carbocycles. The Bertz CT molecular complexity index is 747. The molecule has 1 amide bonds. The number of amides is 1. The molecule has 0 saturated heterocycles. The number of alkyl carbamates (subject to hydrolysis) is 1. The summed E-state index contributed by atoms with van der Waals surface area (Å²) in [6, 6.07) is 15.3. The van der Waals surface area contributed by atoms with Crippen molar-refractivity contribution in [1.29, 1.82) is 0 Å². The number of ether oxygens (including phenoxy) is 1.